The van der Waals surface area contributed by atoms with E-state index in [1.165, 1.54) is 48.8 Å². The lowest BCUT2D eigenvalue weighted by molar-refractivity contribution is 0.666. The van der Waals surface area contributed by atoms with Crippen molar-refractivity contribution in [2.45, 2.75) is 20.0 Å². The van der Waals surface area contributed by atoms with Crippen LogP contribution in [0.15, 0.2) is 208 Å². The van der Waals surface area contributed by atoms with Crippen LogP contribution in [0.3, 0.4) is 0 Å². The van der Waals surface area contributed by atoms with Gasteiger partial charge in [-0.1, -0.05) is 158 Å². The van der Waals surface area contributed by atoms with Crippen molar-refractivity contribution in [2.24, 2.45) is 9.98 Å². The molecule has 0 amide bonds. The molecule has 2 heterocycles. The number of benzene rings is 9. The molecule has 0 aliphatic carbocycles. The highest BCUT2D eigenvalue weighted by Gasteiger charge is 2.25. The molecule has 0 saturated heterocycles. The van der Waals surface area contributed by atoms with E-state index in [0.29, 0.717) is 5.84 Å². The number of aliphatic imine (C=N–C) groups is 2. The van der Waals surface area contributed by atoms with Gasteiger partial charge in [-0.05, 0) is 115 Å². The zero-order valence-corrected chi connectivity index (χ0v) is 32.8. The van der Waals surface area contributed by atoms with Crippen molar-refractivity contribution in [3.63, 3.8) is 0 Å². The number of amidine groups is 2. The van der Waals surface area contributed by atoms with E-state index in [4.69, 9.17) is 14.4 Å². The highest BCUT2D eigenvalue weighted by atomic mass is 16.3. The molecule has 0 fully saturated rings. The van der Waals surface area contributed by atoms with E-state index in [2.05, 4.69) is 182 Å². The van der Waals surface area contributed by atoms with Crippen molar-refractivity contribution < 1.29 is 4.42 Å². The maximum absolute atomic E-state index is 6.83. The minimum atomic E-state index is -0.332. The summed E-state index contributed by atoms with van der Waals surface area (Å²) in [4.78, 5) is 10.3. The fourth-order valence-corrected chi connectivity index (χ4v) is 8.86. The van der Waals surface area contributed by atoms with Gasteiger partial charge in [-0.15, -0.1) is 0 Å². The van der Waals surface area contributed by atoms with Crippen LogP contribution in [-0.4, -0.2) is 17.8 Å². The summed E-state index contributed by atoms with van der Waals surface area (Å²) in [5, 5.41) is 15.8. The standard InChI is InChI=1S/C55H39N3O/c1-3-14-34(4-2)53-56-54(37-15-6-5-7-16-37)58-55(57-53)50-32-41(31-49-48-30-38-17-8-9-18-39(38)33-51(48)59-52(49)50)36-25-23-35(24-26-36)40-27-28-46-44-21-11-10-19-42(44)43-20-12-13-22-45(43)47(46)29-40/h3-33,53H,1-2H3,(H,56,57,58)/b14-3-,34-4+. The zero-order chi connectivity index (χ0) is 39.5. The predicted octanol–water partition coefficient (Wildman–Crippen LogP) is 14.2. The molecule has 0 spiro atoms. The minimum absolute atomic E-state index is 0.332. The summed E-state index contributed by atoms with van der Waals surface area (Å²) in [6, 6.07) is 60.9. The number of nitrogens with one attached hydrogen (secondary N) is 1. The predicted molar refractivity (Wildman–Crippen MR) is 250 cm³/mol. The van der Waals surface area contributed by atoms with Crippen molar-refractivity contribution in [1.29, 1.82) is 0 Å². The number of nitrogens with zero attached hydrogens (tertiary/aromatic N) is 2. The lowest BCUT2D eigenvalue weighted by Gasteiger charge is -2.24. The first-order valence-corrected chi connectivity index (χ1v) is 20.2. The van der Waals surface area contributed by atoms with E-state index in [1.54, 1.807) is 0 Å². The highest BCUT2D eigenvalue weighted by Crippen LogP contribution is 2.40. The van der Waals surface area contributed by atoms with Crippen LogP contribution in [0.2, 0.25) is 0 Å². The van der Waals surface area contributed by atoms with Gasteiger partial charge in [-0.25, -0.2) is 9.98 Å². The maximum atomic E-state index is 6.83. The van der Waals surface area contributed by atoms with E-state index >= 15 is 0 Å². The van der Waals surface area contributed by atoms with Gasteiger partial charge in [0.1, 0.15) is 23.2 Å². The Morgan fingerprint density at radius 3 is 1.76 bits per heavy atom. The Balaban J connectivity index is 1.07. The van der Waals surface area contributed by atoms with Gasteiger partial charge in [0, 0.05) is 16.3 Å². The van der Waals surface area contributed by atoms with Crippen LogP contribution in [0.1, 0.15) is 25.0 Å². The van der Waals surface area contributed by atoms with Crippen molar-refractivity contribution in [1.82, 2.24) is 5.32 Å². The van der Waals surface area contributed by atoms with Crippen LogP contribution in [0.25, 0.3) is 87.3 Å². The fourth-order valence-electron chi connectivity index (χ4n) is 8.86. The molecule has 9 aromatic carbocycles. The molecule has 0 bridgehead atoms. The number of hydrogen-bond donors (Lipinski definition) is 1. The molecule has 280 valence electrons. The molecule has 1 unspecified atom stereocenters. The summed E-state index contributed by atoms with van der Waals surface area (Å²) in [5.74, 6) is 1.39. The summed E-state index contributed by atoms with van der Waals surface area (Å²) >= 11 is 0. The van der Waals surface area contributed by atoms with Crippen molar-refractivity contribution in [3.8, 4) is 22.3 Å². The monoisotopic (exact) mass is 757 g/mol. The zero-order valence-electron chi connectivity index (χ0n) is 32.8. The topological polar surface area (TPSA) is 49.9 Å². The molecule has 1 aliphatic heterocycles. The second-order valence-electron chi connectivity index (χ2n) is 15.2. The van der Waals surface area contributed by atoms with Crippen LogP contribution in [0.5, 0.6) is 0 Å². The van der Waals surface area contributed by atoms with E-state index in [0.717, 1.165) is 61.0 Å². The fraction of sp³-hybridized carbons (Fsp3) is 0.0545. The van der Waals surface area contributed by atoms with Gasteiger partial charge in [0.15, 0.2) is 5.84 Å². The molecule has 10 aromatic rings. The first-order valence-electron chi connectivity index (χ1n) is 20.2. The van der Waals surface area contributed by atoms with Crippen LogP contribution in [-0.2, 0) is 0 Å². The summed E-state index contributed by atoms with van der Waals surface area (Å²) in [6.45, 7) is 4.08. The van der Waals surface area contributed by atoms with Crippen LogP contribution in [0, 0.1) is 0 Å². The quantitative estimate of drug-likeness (QED) is 0.136. The van der Waals surface area contributed by atoms with Crippen LogP contribution in [0.4, 0.5) is 0 Å². The second kappa shape index (κ2) is 14.1. The van der Waals surface area contributed by atoms with Gasteiger partial charge >= 0.3 is 0 Å². The molecule has 59 heavy (non-hydrogen) atoms. The Hall–Kier alpha value is -7.56. The molecule has 0 saturated carbocycles. The average molecular weight is 758 g/mol. The van der Waals surface area contributed by atoms with Gasteiger partial charge in [-0.3, -0.25) is 0 Å². The first-order chi connectivity index (χ1) is 29.1. The number of rotatable bonds is 6. The molecular formula is C55H39N3O. The van der Waals surface area contributed by atoms with E-state index in [9.17, 15) is 0 Å². The lowest BCUT2D eigenvalue weighted by Crippen LogP contribution is -2.40. The molecule has 4 nitrogen and oxygen atoms in total. The van der Waals surface area contributed by atoms with Crippen molar-refractivity contribution in [3.05, 3.63) is 205 Å². The Bertz CT molecular complexity index is 3390. The number of furan rings is 1. The second-order valence-corrected chi connectivity index (χ2v) is 15.2. The third-order valence-corrected chi connectivity index (χ3v) is 11.8. The van der Waals surface area contributed by atoms with E-state index in [1.807, 2.05) is 25.1 Å². The molecule has 0 radical (unpaired) electrons. The number of fused-ring (bicyclic) bond motifs is 10. The van der Waals surface area contributed by atoms with Crippen LogP contribution >= 0.6 is 0 Å². The van der Waals surface area contributed by atoms with E-state index in [-0.39, 0.29) is 6.17 Å². The van der Waals surface area contributed by atoms with Gasteiger partial charge in [-0.2, -0.15) is 0 Å². The first kappa shape index (κ1) is 34.7. The van der Waals surface area contributed by atoms with Gasteiger partial charge in [0.25, 0.3) is 0 Å². The third kappa shape index (κ3) is 5.92. The summed E-state index contributed by atoms with van der Waals surface area (Å²) < 4.78 is 6.83. The Morgan fingerprint density at radius 1 is 0.508 bits per heavy atom. The molecule has 1 aromatic heterocycles. The minimum Gasteiger partial charge on any atom is -0.455 e. The molecule has 11 rings (SSSR count). The summed E-state index contributed by atoms with van der Waals surface area (Å²) in [5.41, 5.74) is 9.09. The number of allylic oxidation sites excluding steroid dienone is 2. The highest BCUT2D eigenvalue weighted by molar-refractivity contribution is 6.26. The Morgan fingerprint density at radius 2 is 1.08 bits per heavy atom. The largest absolute Gasteiger partial charge is 0.455 e. The Labute approximate surface area is 342 Å². The molecular weight excluding hydrogens is 719 g/mol. The van der Waals surface area contributed by atoms with Gasteiger partial charge in [0.05, 0.1) is 5.56 Å². The summed E-state index contributed by atoms with van der Waals surface area (Å²) in [7, 11) is 0. The summed E-state index contributed by atoms with van der Waals surface area (Å²) in [6.07, 6.45) is 5.93. The normalized spacial score (nSPS) is 14.8. The molecule has 4 heteroatoms. The molecule has 1 N–H and O–H groups in total. The SMILES string of the molecule is C/C=C\C(=C/C)C1N=C(c2ccccc2)N=C(c2cc(-c3ccc(-c4ccc5c6ccccc6c6ccccc6c5c4)cc3)cc3c2oc2cc4ccccc4cc23)N1. The molecule has 1 atom stereocenters. The van der Waals surface area contributed by atoms with Crippen molar-refractivity contribution >= 4 is 76.7 Å². The molecule has 1 aliphatic rings. The van der Waals surface area contributed by atoms with Gasteiger partial charge in [0.2, 0.25) is 0 Å². The smallest absolute Gasteiger partial charge is 0.159 e. The van der Waals surface area contributed by atoms with Gasteiger partial charge < -0.3 is 9.73 Å². The lowest BCUT2D eigenvalue weighted by atomic mass is 9.91. The Kier molecular flexibility index (Phi) is 8.30. The maximum Gasteiger partial charge on any atom is 0.159 e. The van der Waals surface area contributed by atoms with Crippen molar-refractivity contribution in [2.75, 3.05) is 0 Å². The van der Waals surface area contributed by atoms with E-state index < -0.39 is 0 Å². The average Bonchev–Trinajstić information content (AvgIpc) is 3.67. The third-order valence-electron chi connectivity index (χ3n) is 11.8. The number of hydrogen-bond acceptors (Lipinski definition) is 4. The van der Waals surface area contributed by atoms with Crippen LogP contribution < -0.4 is 5.32 Å².